The minimum atomic E-state index is -0.730. The third-order valence-electron chi connectivity index (χ3n) is 6.01. The topological polar surface area (TPSA) is 60.9 Å². The molecule has 1 aliphatic carbocycles. The fourth-order valence-electron chi connectivity index (χ4n) is 4.42. The lowest BCUT2D eigenvalue weighted by atomic mass is 9.78. The van der Waals surface area contributed by atoms with Gasteiger partial charge in [0.15, 0.2) is 0 Å². The molecule has 1 N–H and O–H groups in total. The highest BCUT2D eigenvalue weighted by Crippen LogP contribution is 2.45. The SMILES string of the molecule is CC1CCCC1C1(C)C(=O)N(CCc2cccc(O)c2)C(=O)N1C. The van der Waals surface area contributed by atoms with Gasteiger partial charge in [0.1, 0.15) is 11.3 Å². The van der Waals surface area contributed by atoms with Crippen LogP contribution in [0.5, 0.6) is 5.75 Å². The third-order valence-corrected chi connectivity index (χ3v) is 6.01. The van der Waals surface area contributed by atoms with Gasteiger partial charge >= 0.3 is 6.03 Å². The number of hydrogen-bond donors (Lipinski definition) is 1. The highest BCUT2D eigenvalue weighted by atomic mass is 16.3. The fourth-order valence-corrected chi connectivity index (χ4v) is 4.42. The van der Waals surface area contributed by atoms with E-state index in [4.69, 9.17) is 0 Å². The van der Waals surface area contributed by atoms with Crippen molar-refractivity contribution in [3.05, 3.63) is 29.8 Å². The first-order valence-corrected chi connectivity index (χ1v) is 8.73. The van der Waals surface area contributed by atoms with E-state index in [-0.39, 0.29) is 23.6 Å². The Morgan fingerprint density at radius 2 is 2.04 bits per heavy atom. The molecule has 130 valence electrons. The predicted molar refractivity (Wildman–Crippen MR) is 91.6 cm³/mol. The number of benzene rings is 1. The molecule has 2 fully saturated rings. The van der Waals surface area contributed by atoms with E-state index in [0.29, 0.717) is 18.9 Å². The number of rotatable bonds is 4. The summed E-state index contributed by atoms with van der Waals surface area (Å²) in [4.78, 5) is 28.8. The monoisotopic (exact) mass is 330 g/mol. The van der Waals surface area contributed by atoms with Crippen molar-refractivity contribution in [3.63, 3.8) is 0 Å². The first-order chi connectivity index (χ1) is 11.4. The number of aromatic hydroxyl groups is 1. The van der Waals surface area contributed by atoms with Gasteiger partial charge in [0.2, 0.25) is 0 Å². The molecule has 5 heteroatoms. The normalized spacial score (nSPS) is 30.5. The van der Waals surface area contributed by atoms with E-state index in [1.807, 2.05) is 13.0 Å². The van der Waals surface area contributed by atoms with Gasteiger partial charge in [-0.05, 0) is 49.3 Å². The lowest BCUT2D eigenvalue weighted by Gasteiger charge is -2.36. The van der Waals surface area contributed by atoms with Crippen molar-refractivity contribution in [2.45, 2.75) is 45.1 Å². The van der Waals surface area contributed by atoms with Gasteiger partial charge in [-0.15, -0.1) is 0 Å². The van der Waals surface area contributed by atoms with Crippen LogP contribution in [0.1, 0.15) is 38.7 Å². The summed E-state index contributed by atoms with van der Waals surface area (Å²) >= 11 is 0. The Morgan fingerprint density at radius 3 is 2.67 bits per heavy atom. The second kappa shape index (κ2) is 6.11. The van der Waals surface area contributed by atoms with Crippen LogP contribution in [0.2, 0.25) is 0 Å². The van der Waals surface area contributed by atoms with Crippen LogP contribution >= 0.6 is 0 Å². The summed E-state index contributed by atoms with van der Waals surface area (Å²) in [6.45, 7) is 4.46. The molecule has 0 radical (unpaired) electrons. The Morgan fingerprint density at radius 1 is 1.29 bits per heavy atom. The molecule has 3 amide bonds. The van der Waals surface area contributed by atoms with Crippen LogP contribution in [0.15, 0.2) is 24.3 Å². The Bertz CT molecular complexity index is 660. The van der Waals surface area contributed by atoms with E-state index in [0.717, 1.165) is 24.8 Å². The Labute approximate surface area is 143 Å². The molecule has 1 saturated carbocycles. The van der Waals surface area contributed by atoms with Crippen molar-refractivity contribution in [3.8, 4) is 5.75 Å². The molecule has 3 atom stereocenters. The van der Waals surface area contributed by atoms with Gasteiger partial charge in [0, 0.05) is 13.6 Å². The van der Waals surface area contributed by atoms with E-state index in [1.54, 1.807) is 30.1 Å². The summed E-state index contributed by atoms with van der Waals surface area (Å²) in [7, 11) is 1.75. The summed E-state index contributed by atoms with van der Waals surface area (Å²) < 4.78 is 0. The van der Waals surface area contributed by atoms with Crippen molar-refractivity contribution in [1.29, 1.82) is 0 Å². The molecule has 1 aromatic carbocycles. The molecule has 24 heavy (non-hydrogen) atoms. The van der Waals surface area contributed by atoms with Gasteiger partial charge in [-0.3, -0.25) is 9.69 Å². The molecule has 1 saturated heterocycles. The molecular formula is C19H26N2O3. The Hall–Kier alpha value is -2.04. The van der Waals surface area contributed by atoms with Crippen LogP contribution in [0.4, 0.5) is 4.79 Å². The lowest BCUT2D eigenvalue weighted by molar-refractivity contribution is -0.135. The van der Waals surface area contributed by atoms with Gasteiger partial charge in [-0.25, -0.2) is 4.79 Å². The van der Waals surface area contributed by atoms with Gasteiger partial charge in [-0.2, -0.15) is 0 Å². The first kappa shape index (κ1) is 16.8. The van der Waals surface area contributed by atoms with Crippen molar-refractivity contribution in [2.24, 2.45) is 11.8 Å². The minimum Gasteiger partial charge on any atom is -0.508 e. The van der Waals surface area contributed by atoms with Gasteiger partial charge < -0.3 is 10.0 Å². The maximum absolute atomic E-state index is 13.1. The zero-order valence-electron chi connectivity index (χ0n) is 14.7. The Balaban J connectivity index is 1.77. The zero-order valence-corrected chi connectivity index (χ0v) is 14.7. The van der Waals surface area contributed by atoms with E-state index >= 15 is 0 Å². The quantitative estimate of drug-likeness (QED) is 0.863. The summed E-state index contributed by atoms with van der Waals surface area (Å²) in [5, 5.41) is 9.55. The smallest absolute Gasteiger partial charge is 0.327 e. The van der Waals surface area contributed by atoms with E-state index in [1.165, 1.54) is 4.90 Å². The van der Waals surface area contributed by atoms with Crippen molar-refractivity contribution in [2.75, 3.05) is 13.6 Å². The molecule has 3 rings (SSSR count). The maximum Gasteiger partial charge on any atom is 0.327 e. The number of carbonyl (C=O) groups excluding carboxylic acids is 2. The number of hydrogen-bond acceptors (Lipinski definition) is 3. The van der Waals surface area contributed by atoms with Crippen molar-refractivity contribution in [1.82, 2.24) is 9.80 Å². The molecule has 3 unspecified atom stereocenters. The van der Waals surface area contributed by atoms with Crippen LogP contribution in [0, 0.1) is 11.8 Å². The molecular weight excluding hydrogens is 304 g/mol. The highest BCUT2D eigenvalue weighted by molar-refractivity contribution is 6.06. The summed E-state index contributed by atoms with van der Waals surface area (Å²) in [5.41, 5.74) is 0.187. The van der Waals surface area contributed by atoms with Gasteiger partial charge in [-0.1, -0.05) is 31.9 Å². The number of nitrogens with zero attached hydrogens (tertiary/aromatic N) is 2. The summed E-state index contributed by atoms with van der Waals surface area (Å²) in [5.74, 6) is 0.812. The predicted octanol–water partition coefficient (Wildman–Crippen LogP) is 3.02. The molecule has 1 aliphatic heterocycles. The number of phenolic OH excluding ortho intramolecular Hbond substituents is 1. The molecule has 2 aliphatic rings. The number of phenols is 1. The van der Waals surface area contributed by atoms with Crippen LogP contribution in [-0.2, 0) is 11.2 Å². The fraction of sp³-hybridized carbons (Fsp3) is 0.579. The van der Waals surface area contributed by atoms with Crippen LogP contribution < -0.4 is 0 Å². The van der Waals surface area contributed by atoms with E-state index in [9.17, 15) is 14.7 Å². The molecule has 1 heterocycles. The number of carbonyl (C=O) groups is 2. The second-order valence-electron chi connectivity index (χ2n) is 7.38. The zero-order chi connectivity index (χ0) is 17.5. The summed E-state index contributed by atoms with van der Waals surface area (Å²) in [6, 6.07) is 6.75. The van der Waals surface area contributed by atoms with Crippen LogP contribution in [0.25, 0.3) is 0 Å². The first-order valence-electron chi connectivity index (χ1n) is 8.73. The van der Waals surface area contributed by atoms with Crippen molar-refractivity contribution < 1.29 is 14.7 Å². The number of imide groups is 1. The number of urea groups is 1. The largest absolute Gasteiger partial charge is 0.508 e. The molecule has 1 aromatic rings. The number of likely N-dealkylation sites (N-methyl/N-ethyl adjacent to an activating group) is 1. The minimum absolute atomic E-state index is 0.0751. The molecule has 5 nitrogen and oxygen atoms in total. The van der Waals surface area contributed by atoms with E-state index in [2.05, 4.69) is 6.92 Å². The Kier molecular flexibility index (Phi) is 4.28. The summed E-state index contributed by atoms with van der Waals surface area (Å²) in [6.07, 6.45) is 3.80. The lowest BCUT2D eigenvalue weighted by Crippen LogP contribution is -2.52. The van der Waals surface area contributed by atoms with E-state index < -0.39 is 5.54 Å². The van der Waals surface area contributed by atoms with Crippen LogP contribution in [0.3, 0.4) is 0 Å². The van der Waals surface area contributed by atoms with Crippen LogP contribution in [-0.4, -0.2) is 46.0 Å². The van der Waals surface area contributed by atoms with Gasteiger partial charge in [0.25, 0.3) is 5.91 Å². The average Bonchev–Trinajstić information content (AvgIpc) is 3.05. The molecule has 0 spiro atoms. The molecule has 0 aromatic heterocycles. The average molecular weight is 330 g/mol. The third kappa shape index (κ3) is 2.56. The molecule has 0 bridgehead atoms. The standard InChI is InChI=1S/C19H26N2O3/c1-13-6-4-9-16(13)19(2)17(23)21(18(24)20(19)3)11-10-14-7-5-8-15(22)12-14/h5,7-8,12-13,16,22H,4,6,9-11H2,1-3H3. The van der Waals surface area contributed by atoms with Gasteiger partial charge in [0.05, 0.1) is 0 Å². The van der Waals surface area contributed by atoms with Crippen molar-refractivity contribution >= 4 is 11.9 Å². The number of amides is 3. The second-order valence-corrected chi connectivity index (χ2v) is 7.38. The highest BCUT2D eigenvalue weighted by Gasteiger charge is 2.58. The maximum atomic E-state index is 13.1.